The second kappa shape index (κ2) is 8.56. The van der Waals surface area contributed by atoms with Crippen molar-refractivity contribution in [3.8, 4) is 11.5 Å². The van der Waals surface area contributed by atoms with Gasteiger partial charge in [-0.3, -0.25) is 4.79 Å². The van der Waals surface area contributed by atoms with E-state index in [2.05, 4.69) is 11.4 Å². The second-order valence-electron chi connectivity index (χ2n) is 6.44. The molecule has 0 saturated heterocycles. The third kappa shape index (κ3) is 5.52. The summed E-state index contributed by atoms with van der Waals surface area (Å²) in [6, 6.07) is 12.0. The minimum absolute atomic E-state index is 0.148. The first-order chi connectivity index (χ1) is 11.9. The molecule has 134 valence electrons. The Morgan fingerprint density at radius 1 is 0.960 bits per heavy atom. The molecule has 1 N–H and O–H groups in total. The zero-order valence-electron chi connectivity index (χ0n) is 15.7. The van der Waals surface area contributed by atoms with Gasteiger partial charge in [-0.1, -0.05) is 29.8 Å². The molecule has 0 saturated carbocycles. The number of hydrogen-bond donors (Lipinski definition) is 1. The molecule has 4 heteroatoms. The van der Waals surface area contributed by atoms with Crippen molar-refractivity contribution in [1.82, 2.24) is 5.32 Å². The summed E-state index contributed by atoms with van der Waals surface area (Å²) < 4.78 is 11.5. The van der Waals surface area contributed by atoms with E-state index in [1.807, 2.05) is 58.0 Å². The van der Waals surface area contributed by atoms with Gasteiger partial charge in [-0.05, 0) is 63.4 Å². The first kappa shape index (κ1) is 18.8. The Kier molecular flexibility index (Phi) is 6.45. The van der Waals surface area contributed by atoms with Crippen LogP contribution in [0.5, 0.6) is 11.5 Å². The predicted octanol–water partition coefficient (Wildman–Crippen LogP) is 3.88. The van der Waals surface area contributed by atoms with E-state index in [0.717, 1.165) is 28.2 Å². The van der Waals surface area contributed by atoms with Crippen LogP contribution in [0, 0.1) is 27.7 Å². The monoisotopic (exact) mass is 341 g/mol. The summed E-state index contributed by atoms with van der Waals surface area (Å²) in [6.45, 7) is 10.6. The van der Waals surface area contributed by atoms with Crippen LogP contribution < -0.4 is 14.8 Å². The van der Waals surface area contributed by atoms with E-state index in [1.165, 1.54) is 5.56 Å². The van der Waals surface area contributed by atoms with Gasteiger partial charge in [-0.2, -0.15) is 0 Å². The molecule has 2 rings (SSSR count). The average molecular weight is 341 g/mol. The summed E-state index contributed by atoms with van der Waals surface area (Å²) in [4.78, 5) is 12.2. The number of hydrogen-bond acceptors (Lipinski definition) is 3. The molecule has 0 unspecified atom stereocenters. The van der Waals surface area contributed by atoms with E-state index >= 15 is 0 Å². The lowest BCUT2D eigenvalue weighted by Crippen LogP contribution is -2.38. The lowest BCUT2D eigenvalue weighted by molar-refractivity contribution is -0.127. The Labute approximate surface area is 150 Å². The minimum atomic E-state index is -0.554. The van der Waals surface area contributed by atoms with Gasteiger partial charge < -0.3 is 14.8 Å². The highest BCUT2D eigenvalue weighted by Crippen LogP contribution is 2.20. The Hall–Kier alpha value is -2.49. The van der Waals surface area contributed by atoms with Crippen molar-refractivity contribution in [2.45, 2.75) is 40.7 Å². The fourth-order valence-corrected chi connectivity index (χ4v) is 2.52. The van der Waals surface area contributed by atoms with Crippen LogP contribution in [0.1, 0.15) is 29.2 Å². The van der Waals surface area contributed by atoms with Gasteiger partial charge in [0.2, 0.25) is 0 Å². The molecule has 0 aromatic heterocycles. The fraction of sp³-hybridized carbons (Fsp3) is 0.381. The second-order valence-corrected chi connectivity index (χ2v) is 6.44. The maximum Gasteiger partial charge on any atom is 0.260 e. The summed E-state index contributed by atoms with van der Waals surface area (Å²) in [5, 5.41) is 2.85. The highest BCUT2D eigenvalue weighted by atomic mass is 16.5. The smallest absolute Gasteiger partial charge is 0.260 e. The number of aryl methyl sites for hydroxylation is 4. The van der Waals surface area contributed by atoms with Crippen molar-refractivity contribution in [3.05, 3.63) is 58.7 Å². The maximum absolute atomic E-state index is 12.2. The summed E-state index contributed by atoms with van der Waals surface area (Å²) >= 11 is 0. The molecule has 4 nitrogen and oxygen atoms in total. The van der Waals surface area contributed by atoms with Gasteiger partial charge in [0.1, 0.15) is 18.1 Å². The molecule has 2 aromatic rings. The highest BCUT2D eigenvalue weighted by Gasteiger charge is 2.15. The van der Waals surface area contributed by atoms with E-state index in [-0.39, 0.29) is 5.91 Å². The molecule has 1 atom stereocenters. The third-order valence-corrected chi connectivity index (χ3v) is 4.01. The first-order valence-corrected chi connectivity index (χ1v) is 8.58. The fourth-order valence-electron chi connectivity index (χ4n) is 2.52. The molecule has 0 bridgehead atoms. The predicted molar refractivity (Wildman–Crippen MR) is 100 cm³/mol. The van der Waals surface area contributed by atoms with Crippen LogP contribution in [0.2, 0.25) is 0 Å². The SMILES string of the molecule is Cc1ccc(OCCNC(=O)[C@H](C)Oc2cc(C)ccc2C)c(C)c1. The Bertz CT molecular complexity index is 740. The van der Waals surface area contributed by atoms with Gasteiger partial charge in [0.15, 0.2) is 6.10 Å². The third-order valence-electron chi connectivity index (χ3n) is 4.01. The van der Waals surface area contributed by atoms with Gasteiger partial charge in [-0.15, -0.1) is 0 Å². The van der Waals surface area contributed by atoms with Crippen LogP contribution in [0.25, 0.3) is 0 Å². The normalized spacial score (nSPS) is 11.7. The lowest BCUT2D eigenvalue weighted by atomic mass is 10.1. The van der Waals surface area contributed by atoms with Crippen LogP contribution in [0.3, 0.4) is 0 Å². The van der Waals surface area contributed by atoms with Crippen molar-refractivity contribution in [1.29, 1.82) is 0 Å². The molecule has 25 heavy (non-hydrogen) atoms. The largest absolute Gasteiger partial charge is 0.491 e. The molecule has 0 fully saturated rings. The molecule has 0 aliphatic rings. The standard InChI is InChI=1S/C21H27NO3/c1-14-7-9-19(17(4)12-14)24-11-10-22-21(23)18(5)25-20-13-15(2)6-8-16(20)3/h6-9,12-13,18H,10-11H2,1-5H3,(H,22,23)/t18-/m0/s1. The number of rotatable bonds is 7. The Balaban J connectivity index is 1.78. The van der Waals surface area contributed by atoms with E-state index < -0.39 is 6.10 Å². The molecule has 0 spiro atoms. The molecule has 0 aliphatic carbocycles. The topological polar surface area (TPSA) is 47.6 Å². The zero-order valence-corrected chi connectivity index (χ0v) is 15.7. The van der Waals surface area contributed by atoms with E-state index in [9.17, 15) is 4.79 Å². The number of carbonyl (C=O) groups excluding carboxylic acids is 1. The van der Waals surface area contributed by atoms with Gasteiger partial charge in [0.25, 0.3) is 5.91 Å². The first-order valence-electron chi connectivity index (χ1n) is 8.58. The van der Waals surface area contributed by atoms with Crippen molar-refractivity contribution >= 4 is 5.91 Å². The summed E-state index contributed by atoms with van der Waals surface area (Å²) in [5.74, 6) is 1.44. The van der Waals surface area contributed by atoms with Crippen molar-refractivity contribution < 1.29 is 14.3 Å². The summed E-state index contributed by atoms with van der Waals surface area (Å²) in [6.07, 6.45) is -0.554. The van der Waals surface area contributed by atoms with Gasteiger partial charge in [0.05, 0.1) is 6.54 Å². The van der Waals surface area contributed by atoms with Gasteiger partial charge >= 0.3 is 0 Å². The Morgan fingerprint density at radius 2 is 1.64 bits per heavy atom. The van der Waals surface area contributed by atoms with Crippen LogP contribution in [0.15, 0.2) is 36.4 Å². The highest BCUT2D eigenvalue weighted by molar-refractivity contribution is 5.80. The Morgan fingerprint density at radius 3 is 2.36 bits per heavy atom. The van der Waals surface area contributed by atoms with E-state index in [1.54, 1.807) is 6.92 Å². The maximum atomic E-state index is 12.2. The van der Waals surface area contributed by atoms with E-state index in [0.29, 0.717) is 13.2 Å². The van der Waals surface area contributed by atoms with Crippen LogP contribution in [-0.2, 0) is 4.79 Å². The summed E-state index contributed by atoms with van der Waals surface area (Å²) in [7, 11) is 0. The molecule has 1 amide bonds. The van der Waals surface area contributed by atoms with E-state index in [4.69, 9.17) is 9.47 Å². The molecule has 0 aliphatic heterocycles. The zero-order chi connectivity index (χ0) is 18.4. The lowest BCUT2D eigenvalue weighted by Gasteiger charge is -2.17. The van der Waals surface area contributed by atoms with Crippen LogP contribution >= 0.6 is 0 Å². The van der Waals surface area contributed by atoms with Crippen molar-refractivity contribution in [2.24, 2.45) is 0 Å². The van der Waals surface area contributed by atoms with Gasteiger partial charge in [0, 0.05) is 0 Å². The molecular weight excluding hydrogens is 314 g/mol. The number of nitrogens with one attached hydrogen (secondary N) is 1. The van der Waals surface area contributed by atoms with Crippen molar-refractivity contribution in [2.75, 3.05) is 13.2 Å². The van der Waals surface area contributed by atoms with Crippen molar-refractivity contribution in [3.63, 3.8) is 0 Å². The van der Waals surface area contributed by atoms with Gasteiger partial charge in [-0.25, -0.2) is 0 Å². The molecular formula is C21H27NO3. The van der Waals surface area contributed by atoms with Crippen LogP contribution in [0.4, 0.5) is 0 Å². The molecule has 0 heterocycles. The quantitative estimate of drug-likeness (QED) is 0.778. The molecule has 0 radical (unpaired) electrons. The summed E-state index contributed by atoms with van der Waals surface area (Å²) in [5.41, 5.74) is 4.42. The minimum Gasteiger partial charge on any atom is -0.491 e. The average Bonchev–Trinajstić information content (AvgIpc) is 2.56. The number of benzene rings is 2. The number of carbonyl (C=O) groups is 1. The number of amides is 1. The van der Waals surface area contributed by atoms with Crippen LogP contribution in [-0.4, -0.2) is 25.2 Å². The molecule has 2 aromatic carbocycles. The number of ether oxygens (including phenoxy) is 2.